The molecule has 0 aromatic heterocycles. The third-order valence-electron chi connectivity index (χ3n) is 3.04. The van der Waals surface area contributed by atoms with Crippen LogP contribution >= 0.6 is 24.0 Å². The average molecular weight is 435 g/mol. The van der Waals surface area contributed by atoms with Gasteiger partial charge in [0.25, 0.3) is 0 Å². The molecule has 132 valence electrons. The number of nitrogens with zero attached hydrogens (tertiary/aromatic N) is 1. The summed E-state index contributed by atoms with van der Waals surface area (Å²) in [5, 5.41) is 6.43. The summed E-state index contributed by atoms with van der Waals surface area (Å²) < 4.78 is 10.7. The zero-order chi connectivity index (χ0) is 15.9. The van der Waals surface area contributed by atoms with E-state index in [9.17, 15) is 0 Å². The van der Waals surface area contributed by atoms with Crippen molar-refractivity contribution < 1.29 is 9.47 Å². The van der Waals surface area contributed by atoms with Crippen LogP contribution in [-0.4, -0.2) is 52.5 Å². The van der Waals surface area contributed by atoms with E-state index in [1.807, 2.05) is 6.07 Å². The van der Waals surface area contributed by atoms with E-state index in [1.165, 1.54) is 5.56 Å². The lowest BCUT2D eigenvalue weighted by atomic mass is 10.2. The van der Waals surface area contributed by atoms with Crippen molar-refractivity contribution in [2.75, 3.05) is 46.6 Å². The maximum atomic E-state index is 5.65. The molecule has 1 aromatic carbocycles. The second-order valence-electron chi connectivity index (χ2n) is 4.88. The monoisotopic (exact) mass is 435 g/mol. The Hall–Kier alpha value is -0.860. The quantitative estimate of drug-likeness (QED) is 0.243. The second-order valence-corrected chi connectivity index (χ2v) is 4.88. The van der Waals surface area contributed by atoms with Crippen LogP contribution < -0.4 is 10.6 Å². The first-order valence-corrected chi connectivity index (χ1v) is 7.99. The Balaban J connectivity index is 0.00000484. The van der Waals surface area contributed by atoms with E-state index in [0.29, 0.717) is 6.61 Å². The third kappa shape index (κ3) is 12.3. The molecule has 0 radical (unpaired) electrons. The Morgan fingerprint density at radius 2 is 1.87 bits per heavy atom. The maximum Gasteiger partial charge on any atom is 0.191 e. The first kappa shape index (κ1) is 22.1. The number of guanidine groups is 1. The summed E-state index contributed by atoms with van der Waals surface area (Å²) in [4.78, 5) is 4.50. The Labute approximate surface area is 157 Å². The highest BCUT2D eigenvalue weighted by Gasteiger charge is 1.96. The average Bonchev–Trinajstić information content (AvgIpc) is 2.55. The van der Waals surface area contributed by atoms with E-state index >= 15 is 0 Å². The van der Waals surface area contributed by atoms with Gasteiger partial charge in [0.2, 0.25) is 0 Å². The number of benzene rings is 1. The van der Waals surface area contributed by atoms with Crippen LogP contribution in [0, 0.1) is 0 Å². The topological polar surface area (TPSA) is 54.9 Å². The Morgan fingerprint density at radius 1 is 1.09 bits per heavy atom. The van der Waals surface area contributed by atoms with Gasteiger partial charge in [-0.1, -0.05) is 30.3 Å². The van der Waals surface area contributed by atoms with Gasteiger partial charge in [-0.05, 0) is 25.3 Å². The van der Waals surface area contributed by atoms with Gasteiger partial charge in [0, 0.05) is 33.4 Å². The molecule has 2 N–H and O–H groups in total. The van der Waals surface area contributed by atoms with Crippen LogP contribution in [0.5, 0.6) is 0 Å². The number of ether oxygens (including phenoxy) is 2. The normalized spacial score (nSPS) is 11.0. The molecule has 0 fully saturated rings. The third-order valence-corrected chi connectivity index (χ3v) is 3.04. The molecule has 0 heterocycles. The van der Waals surface area contributed by atoms with Crippen LogP contribution in [0.4, 0.5) is 0 Å². The molecular weight excluding hydrogens is 405 g/mol. The summed E-state index contributed by atoms with van der Waals surface area (Å²) in [6.07, 6.45) is 1.89. The minimum atomic E-state index is 0. The van der Waals surface area contributed by atoms with Crippen molar-refractivity contribution in [3.63, 3.8) is 0 Å². The molecule has 0 aliphatic rings. The van der Waals surface area contributed by atoms with Gasteiger partial charge < -0.3 is 20.1 Å². The summed E-state index contributed by atoms with van der Waals surface area (Å²) in [5.74, 6) is 0.837. The summed E-state index contributed by atoms with van der Waals surface area (Å²) in [7, 11) is 1.69. The van der Waals surface area contributed by atoms with Gasteiger partial charge in [-0.15, -0.1) is 24.0 Å². The fourth-order valence-electron chi connectivity index (χ4n) is 1.91. The Morgan fingerprint density at radius 3 is 2.57 bits per heavy atom. The van der Waals surface area contributed by atoms with E-state index in [4.69, 9.17) is 9.47 Å². The molecule has 0 aliphatic carbocycles. The number of methoxy groups -OCH3 is 1. The van der Waals surface area contributed by atoms with E-state index in [1.54, 1.807) is 7.11 Å². The minimum Gasteiger partial charge on any atom is -0.383 e. The number of rotatable bonds is 11. The van der Waals surface area contributed by atoms with Gasteiger partial charge in [0.15, 0.2) is 5.96 Å². The van der Waals surface area contributed by atoms with Crippen LogP contribution in [0.15, 0.2) is 35.3 Å². The molecule has 0 atom stereocenters. The van der Waals surface area contributed by atoms with Crippen molar-refractivity contribution in [1.82, 2.24) is 10.6 Å². The first-order valence-electron chi connectivity index (χ1n) is 7.99. The fourth-order valence-corrected chi connectivity index (χ4v) is 1.91. The molecule has 0 saturated carbocycles. The van der Waals surface area contributed by atoms with Gasteiger partial charge in [-0.2, -0.15) is 0 Å². The number of hydrogen-bond acceptors (Lipinski definition) is 3. The smallest absolute Gasteiger partial charge is 0.191 e. The molecule has 0 spiro atoms. The van der Waals surface area contributed by atoms with Crippen molar-refractivity contribution in [2.45, 2.75) is 19.8 Å². The minimum absolute atomic E-state index is 0. The summed E-state index contributed by atoms with van der Waals surface area (Å²) >= 11 is 0. The lowest BCUT2D eigenvalue weighted by Gasteiger charge is -2.10. The van der Waals surface area contributed by atoms with Crippen LogP contribution in [0.2, 0.25) is 0 Å². The Bertz CT molecular complexity index is 402. The van der Waals surface area contributed by atoms with Crippen molar-refractivity contribution in [3.05, 3.63) is 35.9 Å². The molecule has 6 heteroatoms. The van der Waals surface area contributed by atoms with Gasteiger partial charge in [0.1, 0.15) is 0 Å². The molecule has 23 heavy (non-hydrogen) atoms. The van der Waals surface area contributed by atoms with E-state index in [-0.39, 0.29) is 24.0 Å². The molecule has 0 unspecified atom stereocenters. The SMILES string of the molecule is CCNC(=NCCCOCCc1ccccc1)NCCOC.I. The molecule has 0 bridgehead atoms. The molecule has 1 rings (SSSR count). The Kier molecular flexibility index (Phi) is 15.4. The standard InChI is InChI=1S/C17H29N3O2.HI/c1-3-18-17(20-12-15-21-2)19-11-7-13-22-14-10-16-8-5-4-6-9-16;/h4-6,8-9H,3,7,10-15H2,1-2H3,(H2,18,19,20);1H. The fraction of sp³-hybridized carbons (Fsp3) is 0.588. The van der Waals surface area contributed by atoms with Crippen molar-refractivity contribution in [3.8, 4) is 0 Å². The largest absolute Gasteiger partial charge is 0.383 e. The number of nitrogens with one attached hydrogen (secondary N) is 2. The predicted octanol–water partition coefficient (Wildman–Crippen LogP) is 2.46. The lowest BCUT2D eigenvalue weighted by Crippen LogP contribution is -2.39. The number of aliphatic imine (C=N–C) groups is 1. The number of hydrogen-bond donors (Lipinski definition) is 2. The van der Waals surface area contributed by atoms with Gasteiger partial charge in [-0.25, -0.2) is 0 Å². The predicted molar refractivity (Wildman–Crippen MR) is 107 cm³/mol. The zero-order valence-corrected chi connectivity index (χ0v) is 16.5. The molecule has 0 aliphatic heterocycles. The summed E-state index contributed by atoms with van der Waals surface area (Å²) in [5.41, 5.74) is 1.32. The van der Waals surface area contributed by atoms with Gasteiger partial charge >= 0.3 is 0 Å². The molecule has 5 nitrogen and oxygen atoms in total. The van der Waals surface area contributed by atoms with E-state index < -0.39 is 0 Å². The highest BCUT2D eigenvalue weighted by atomic mass is 127. The van der Waals surface area contributed by atoms with E-state index in [2.05, 4.69) is 46.8 Å². The molecular formula is C17H30IN3O2. The highest BCUT2D eigenvalue weighted by molar-refractivity contribution is 14.0. The number of halogens is 1. The summed E-state index contributed by atoms with van der Waals surface area (Å²) in [6, 6.07) is 10.4. The lowest BCUT2D eigenvalue weighted by molar-refractivity contribution is 0.136. The zero-order valence-electron chi connectivity index (χ0n) is 14.2. The van der Waals surface area contributed by atoms with E-state index in [0.717, 1.165) is 51.6 Å². The van der Waals surface area contributed by atoms with Gasteiger partial charge in [0.05, 0.1) is 13.2 Å². The van der Waals surface area contributed by atoms with Crippen molar-refractivity contribution in [2.24, 2.45) is 4.99 Å². The highest BCUT2D eigenvalue weighted by Crippen LogP contribution is 1.99. The molecule has 0 amide bonds. The first-order chi connectivity index (χ1) is 10.9. The van der Waals surface area contributed by atoms with Crippen molar-refractivity contribution in [1.29, 1.82) is 0 Å². The van der Waals surface area contributed by atoms with Crippen LogP contribution in [0.1, 0.15) is 18.9 Å². The second kappa shape index (κ2) is 16.0. The van der Waals surface area contributed by atoms with Crippen molar-refractivity contribution >= 4 is 29.9 Å². The van der Waals surface area contributed by atoms with Crippen LogP contribution in [0.3, 0.4) is 0 Å². The van der Waals surface area contributed by atoms with Crippen LogP contribution in [0.25, 0.3) is 0 Å². The maximum absolute atomic E-state index is 5.65. The summed E-state index contributed by atoms with van der Waals surface area (Å²) in [6.45, 7) is 6.61. The van der Waals surface area contributed by atoms with Gasteiger partial charge in [-0.3, -0.25) is 4.99 Å². The van der Waals surface area contributed by atoms with Crippen LogP contribution in [-0.2, 0) is 15.9 Å². The molecule has 1 aromatic rings. The molecule has 0 saturated heterocycles.